The Morgan fingerprint density at radius 1 is 1.11 bits per heavy atom. The van der Waals surface area contributed by atoms with E-state index in [1.807, 2.05) is 0 Å². The molecule has 0 saturated carbocycles. The molecule has 0 heterocycles. The van der Waals surface area contributed by atoms with Crippen molar-refractivity contribution in [2.45, 2.75) is 46.3 Å². The minimum atomic E-state index is -2.54. The molecule has 0 atom stereocenters. The van der Waals surface area contributed by atoms with Crippen molar-refractivity contribution >= 4 is 17.6 Å². The second-order valence-electron chi connectivity index (χ2n) is 5.98. The first-order valence-corrected chi connectivity index (χ1v) is 11.8. The Morgan fingerprint density at radius 2 is 1.61 bits per heavy atom. The summed E-state index contributed by atoms with van der Waals surface area (Å²) in [6.45, 7) is 14.3. The first-order valence-electron chi connectivity index (χ1n) is 6.70. The molecule has 0 N–H and O–H groups in total. The molecule has 0 aliphatic rings. The number of hydrogen-bond acceptors (Lipinski definition) is 4. The summed E-state index contributed by atoms with van der Waals surface area (Å²) >= 11 is 0. The van der Waals surface area contributed by atoms with Gasteiger partial charge in [-0.05, 0) is 27.3 Å². The van der Waals surface area contributed by atoms with Crippen LogP contribution in [0.15, 0.2) is 0 Å². The highest BCUT2D eigenvalue weighted by atomic mass is 28.4. The molecular formula is C12H31NO3Si2. The van der Waals surface area contributed by atoms with Gasteiger partial charge < -0.3 is 13.3 Å². The van der Waals surface area contributed by atoms with Gasteiger partial charge in [0.1, 0.15) is 0 Å². The Kier molecular flexibility index (Phi) is 7.88. The Morgan fingerprint density at radius 3 is 1.89 bits per heavy atom. The van der Waals surface area contributed by atoms with E-state index in [2.05, 4.69) is 45.7 Å². The van der Waals surface area contributed by atoms with Gasteiger partial charge in [-0.2, -0.15) is 0 Å². The average Bonchev–Trinajstić information content (AvgIpc) is 2.28. The summed E-state index contributed by atoms with van der Waals surface area (Å²) in [6.07, 6.45) is 1.57. The first-order chi connectivity index (χ1) is 8.20. The van der Waals surface area contributed by atoms with Gasteiger partial charge in [0.25, 0.3) is 0 Å². The van der Waals surface area contributed by atoms with E-state index in [4.69, 9.17) is 13.3 Å². The van der Waals surface area contributed by atoms with Crippen LogP contribution in [0.25, 0.3) is 0 Å². The summed E-state index contributed by atoms with van der Waals surface area (Å²) in [6, 6.07) is 0. The predicted molar refractivity (Wildman–Crippen MR) is 81.6 cm³/mol. The van der Waals surface area contributed by atoms with Gasteiger partial charge in [0.05, 0.1) is 15.0 Å². The standard InChI is InChI=1S/C12H31NO3Si2/c1-9-13(12(2,3)4)10-18(14-5,15-6)16-11-17(7)8/h17H,9-11H2,1-8H3. The Labute approximate surface area is 116 Å². The Balaban J connectivity index is 4.77. The molecule has 0 aromatic rings. The van der Waals surface area contributed by atoms with E-state index >= 15 is 0 Å². The normalized spacial score (nSPS) is 13.7. The SMILES string of the molecule is CCN(C[Si](OC)(OC)OC[SiH](C)C)C(C)(C)C. The van der Waals surface area contributed by atoms with Crippen molar-refractivity contribution in [2.24, 2.45) is 0 Å². The summed E-state index contributed by atoms with van der Waals surface area (Å²) in [5.41, 5.74) is 0.0999. The molecule has 0 radical (unpaired) electrons. The molecule has 0 fully saturated rings. The molecule has 0 aliphatic carbocycles. The second-order valence-corrected chi connectivity index (χ2v) is 11.9. The topological polar surface area (TPSA) is 30.9 Å². The van der Waals surface area contributed by atoms with E-state index < -0.39 is 17.6 Å². The van der Waals surface area contributed by atoms with Crippen LogP contribution in [-0.2, 0) is 13.3 Å². The summed E-state index contributed by atoms with van der Waals surface area (Å²) in [5, 5.41) is 0. The summed E-state index contributed by atoms with van der Waals surface area (Å²) < 4.78 is 17.3. The lowest BCUT2D eigenvalue weighted by Gasteiger charge is -2.39. The van der Waals surface area contributed by atoms with E-state index in [1.54, 1.807) is 14.2 Å². The first kappa shape index (κ1) is 18.3. The second kappa shape index (κ2) is 7.76. The molecule has 0 bridgehead atoms. The molecule has 0 spiro atoms. The zero-order valence-electron chi connectivity index (χ0n) is 13.4. The maximum atomic E-state index is 6.03. The number of rotatable bonds is 8. The maximum absolute atomic E-state index is 6.03. The van der Waals surface area contributed by atoms with Gasteiger partial charge in [-0.3, -0.25) is 4.90 Å². The van der Waals surface area contributed by atoms with Gasteiger partial charge in [0.2, 0.25) is 0 Å². The van der Waals surface area contributed by atoms with Crippen molar-refractivity contribution in [1.82, 2.24) is 4.90 Å². The predicted octanol–water partition coefficient (Wildman–Crippen LogP) is 1.92. The third-order valence-electron chi connectivity index (χ3n) is 2.97. The quantitative estimate of drug-likeness (QED) is 0.640. The molecule has 0 rings (SSSR count). The van der Waals surface area contributed by atoms with Crippen molar-refractivity contribution in [1.29, 1.82) is 0 Å². The lowest BCUT2D eigenvalue weighted by atomic mass is 10.1. The molecular weight excluding hydrogens is 262 g/mol. The van der Waals surface area contributed by atoms with Crippen LogP contribution in [-0.4, -0.2) is 61.2 Å². The van der Waals surface area contributed by atoms with Crippen LogP contribution in [0.5, 0.6) is 0 Å². The van der Waals surface area contributed by atoms with Crippen LogP contribution in [0.3, 0.4) is 0 Å². The summed E-state index contributed by atoms with van der Waals surface area (Å²) in [4.78, 5) is 2.36. The molecule has 0 aromatic carbocycles. The highest BCUT2D eigenvalue weighted by Gasteiger charge is 2.43. The molecule has 0 unspecified atom stereocenters. The van der Waals surface area contributed by atoms with Gasteiger partial charge in [0, 0.05) is 26.0 Å². The minimum Gasteiger partial charge on any atom is -0.377 e. The maximum Gasteiger partial charge on any atom is 0.514 e. The van der Waals surface area contributed by atoms with Crippen LogP contribution in [0.4, 0.5) is 0 Å². The van der Waals surface area contributed by atoms with Crippen LogP contribution in [0, 0.1) is 0 Å². The number of hydrogen-bond donors (Lipinski definition) is 0. The highest BCUT2D eigenvalue weighted by molar-refractivity contribution is 6.63. The zero-order chi connectivity index (χ0) is 14.4. The summed E-state index contributed by atoms with van der Waals surface area (Å²) in [7, 11) is 0.105. The van der Waals surface area contributed by atoms with Gasteiger partial charge in [-0.25, -0.2) is 0 Å². The fourth-order valence-corrected chi connectivity index (χ4v) is 5.99. The third kappa shape index (κ3) is 5.94. The van der Waals surface area contributed by atoms with Gasteiger partial charge in [0.15, 0.2) is 0 Å². The van der Waals surface area contributed by atoms with E-state index in [9.17, 15) is 0 Å². The van der Waals surface area contributed by atoms with E-state index in [0.717, 1.165) is 18.9 Å². The van der Waals surface area contributed by atoms with E-state index in [-0.39, 0.29) is 5.54 Å². The average molecular weight is 294 g/mol. The highest BCUT2D eigenvalue weighted by Crippen LogP contribution is 2.18. The molecule has 18 heavy (non-hydrogen) atoms. The molecule has 110 valence electrons. The summed E-state index contributed by atoms with van der Waals surface area (Å²) in [5.74, 6) is 0. The van der Waals surface area contributed by atoms with Crippen LogP contribution >= 0.6 is 0 Å². The molecule has 6 heteroatoms. The molecule has 0 aliphatic heterocycles. The van der Waals surface area contributed by atoms with Crippen LogP contribution < -0.4 is 0 Å². The zero-order valence-corrected chi connectivity index (χ0v) is 15.5. The minimum absolute atomic E-state index is 0.0999. The van der Waals surface area contributed by atoms with Crippen LogP contribution in [0.1, 0.15) is 27.7 Å². The van der Waals surface area contributed by atoms with Crippen LogP contribution in [0.2, 0.25) is 13.1 Å². The smallest absolute Gasteiger partial charge is 0.377 e. The molecule has 4 nitrogen and oxygen atoms in total. The van der Waals surface area contributed by atoms with E-state index in [1.165, 1.54) is 0 Å². The fraction of sp³-hybridized carbons (Fsp3) is 1.00. The number of nitrogens with zero attached hydrogens (tertiary/aromatic N) is 1. The van der Waals surface area contributed by atoms with Crippen molar-refractivity contribution in [2.75, 3.05) is 33.2 Å². The van der Waals surface area contributed by atoms with Crippen molar-refractivity contribution in [3.05, 3.63) is 0 Å². The largest absolute Gasteiger partial charge is 0.514 e. The monoisotopic (exact) mass is 293 g/mol. The lowest BCUT2D eigenvalue weighted by Crippen LogP contribution is -2.58. The Bertz CT molecular complexity index is 228. The molecule has 0 amide bonds. The molecule has 0 aromatic heterocycles. The fourth-order valence-electron chi connectivity index (χ4n) is 1.73. The van der Waals surface area contributed by atoms with Gasteiger partial charge >= 0.3 is 8.80 Å². The van der Waals surface area contributed by atoms with Crippen molar-refractivity contribution < 1.29 is 13.3 Å². The van der Waals surface area contributed by atoms with Gasteiger partial charge in [-0.15, -0.1) is 0 Å². The molecule has 0 saturated heterocycles. The van der Waals surface area contributed by atoms with Crippen molar-refractivity contribution in [3.8, 4) is 0 Å². The van der Waals surface area contributed by atoms with E-state index in [0.29, 0.717) is 0 Å². The Hall–Kier alpha value is 0.274. The lowest BCUT2D eigenvalue weighted by molar-refractivity contribution is 0.0724. The van der Waals surface area contributed by atoms with Gasteiger partial charge in [-0.1, -0.05) is 20.0 Å². The third-order valence-corrected chi connectivity index (χ3v) is 6.76. The van der Waals surface area contributed by atoms with Crippen molar-refractivity contribution in [3.63, 3.8) is 0 Å².